The predicted molar refractivity (Wildman–Crippen MR) is 373 cm³/mol. The molecular formula is C72H88N6O25S2. The zero-order valence-corrected chi connectivity index (χ0v) is 61.1. The molecule has 0 spiro atoms. The number of ether oxygens (including phenoxy) is 10. The normalized spacial score (nSPS) is 19.5. The summed E-state index contributed by atoms with van der Waals surface area (Å²) in [4.78, 5) is 193. The van der Waals surface area contributed by atoms with Crippen LogP contribution in [-0.2, 0) is 141 Å². The Bertz CT molecular complexity index is 3620. The summed E-state index contributed by atoms with van der Waals surface area (Å²) in [5.74, 6) is -12.1. The summed E-state index contributed by atoms with van der Waals surface area (Å²) < 4.78 is 56.8. The topological polar surface area (TPSA) is 380 Å². The smallest absolute Gasteiger partial charge is 0.323 e. The van der Waals surface area contributed by atoms with Gasteiger partial charge in [-0.15, -0.1) is 23.5 Å². The number of rotatable bonds is 38. The summed E-state index contributed by atoms with van der Waals surface area (Å²) in [6.45, 7) is 2.55. The first-order valence-electron chi connectivity index (χ1n) is 33.3. The van der Waals surface area contributed by atoms with Crippen molar-refractivity contribution in [1.29, 1.82) is 0 Å². The molecule has 5 amide bonds. The van der Waals surface area contributed by atoms with Crippen LogP contribution in [0.1, 0.15) is 77.6 Å². The minimum absolute atomic E-state index is 0.0870. The Morgan fingerprint density at radius 2 is 0.648 bits per heavy atom. The summed E-state index contributed by atoms with van der Waals surface area (Å²) in [7, 11) is 0. The third-order valence-corrected chi connectivity index (χ3v) is 17.9. The van der Waals surface area contributed by atoms with E-state index in [4.69, 9.17) is 47.4 Å². The Balaban J connectivity index is 1.35. The van der Waals surface area contributed by atoms with Gasteiger partial charge in [0.2, 0.25) is 29.5 Å². The number of nitrogens with one attached hydrogen (secondary N) is 1. The largest absolute Gasteiger partial charge is 0.480 e. The molecule has 0 aromatic heterocycles. The molecule has 0 bridgehead atoms. The Kier molecular flexibility index (Phi) is 34.2. The summed E-state index contributed by atoms with van der Waals surface area (Å²) in [6.07, 6.45) is -11.6. The van der Waals surface area contributed by atoms with E-state index in [0.717, 1.165) is 99.2 Å². The van der Waals surface area contributed by atoms with E-state index in [1.54, 1.807) is 91.0 Å². The van der Waals surface area contributed by atoms with Crippen molar-refractivity contribution in [1.82, 2.24) is 29.8 Å². The minimum atomic E-state index is -1.55. The lowest BCUT2D eigenvalue weighted by atomic mass is 9.99. The van der Waals surface area contributed by atoms with Crippen LogP contribution in [-0.4, -0.2) is 250 Å². The number of carboxylic acids is 1. The number of thioether (sulfide) groups is 2. The van der Waals surface area contributed by atoms with Crippen molar-refractivity contribution in [2.45, 2.75) is 141 Å². The highest BCUT2D eigenvalue weighted by atomic mass is 32.2. The van der Waals surface area contributed by atoms with Crippen LogP contribution in [0.3, 0.4) is 0 Å². The van der Waals surface area contributed by atoms with Crippen LogP contribution < -0.4 is 5.32 Å². The zero-order valence-electron chi connectivity index (χ0n) is 59.4. The standard InChI is InChI=1S/C72H88N6O25S2/c1-45(79)94-43-57-65(96-47(3)81)67(98-49(5)83)69(100-51(7)85)71(102-57)104-31-29-74(59(87)34-73-33-53-21-13-9-14-22-53)38-61(89)77(36-55-25-17-11-18-26-55)41-63(91)76(35-54-23-15-10-16-24-54)40-60(88)75(39-62(90)78(42-64(92)93)37-56-27-19-12-20-28-56)30-32-105-72-70(101-52(8)86)68(99-50(6)84)66(97-48(4)82)58(103-72)44-95-46(2)80/h9-28,57-58,65-73H,29-44H2,1-8H3,(H,92,93)/t57-,58-,65+,66+,67+,68+,69-,70-,71+,72+/m1/s1. The fraction of sp³-hybridized carbons (Fsp3) is 0.472. The van der Waals surface area contributed by atoms with E-state index >= 15 is 14.4 Å². The molecule has 2 aliphatic rings. The lowest BCUT2D eigenvalue weighted by Crippen LogP contribution is -2.61. The fourth-order valence-electron chi connectivity index (χ4n) is 11.1. The predicted octanol–water partition coefficient (Wildman–Crippen LogP) is 3.24. The van der Waals surface area contributed by atoms with Gasteiger partial charge in [-0.25, -0.2) is 0 Å². The van der Waals surface area contributed by atoms with Gasteiger partial charge in [-0.05, 0) is 22.3 Å². The quantitative estimate of drug-likeness (QED) is 0.0480. The van der Waals surface area contributed by atoms with E-state index in [1.807, 2.05) is 30.3 Å². The number of nitrogens with zero attached hydrogens (tertiary/aromatic N) is 5. The maximum absolute atomic E-state index is 15.4. The monoisotopic (exact) mass is 1500 g/mol. The molecule has 2 N–H and O–H groups in total. The number of carboxylic acid groups (broad SMARTS) is 1. The first-order valence-corrected chi connectivity index (χ1v) is 35.4. The Labute approximate surface area is 615 Å². The second kappa shape index (κ2) is 42.7. The maximum atomic E-state index is 15.4. The SMILES string of the molecule is CC(=O)OC[C@H]1O[C@@H](SCCN(CC(=O)N(CC(=O)N(CC(=O)N(CCS[C@@H]2O[C@H](COC(C)=O)[C@H](OC(C)=O)[C@H](OC(C)=O)[C@H]2OC(C)=O)CC(=O)N(CC(=O)O)Cc2ccccc2)Cc2ccccc2)Cc2ccccc2)C(=O)CNCc2ccccc2)[C@H](OC(C)=O)[C@@H](OC(C)=O)[C@H]1OC(C)=O. The minimum Gasteiger partial charge on any atom is -0.480 e. The van der Waals surface area contributed by atoms with Crippen molar-refractivity contribution in [3.8, 4) is 0 Å². The van der Waals surface area contributed by atoms with Crippen LogP contribution in [0, 0.1) is 0 Å². The first-order chi connectivity index (χ1) is 50.0. The molecule has 105 heavy (non-hydrogen) atoms. The van der Waals surface area contributed by atoms with Crippen molar-refractivity contribution in [3.63, 3.8) is 0 Å². The molecule has 10 atom stereocenters. The molecule has 568 valence electrons. The van der Waals surface area contributed by atoms with Crippen LogP contribution >= 0.6 is 23.5 Å². The molecule has 0 unspecified atom stereocenters. The number of carbonyl (C=O) groups excluding carboxylic acids is 13. The summed E-state index contributed by atoms with van der Waals surface area (Å²) in [5, 5.41) is 13.2. The number of hydrogen-bond acceptors (Lipinski definition) is 27. The lowest BCUT2D eigenvalue weighted by Gasteiger charge is -2.44. The molecule has 0 aliphatic carbocycles. The molecule has 0 saturated carbocycles. The molecular weight excluding hydrogens is 1410 g/mol. The van der Waals surface area contributed by atoms with Gasteiger partial charge in [0.1, 0.15) is 55.9 Å². The van der Waals surface area contributed by atoms with Crippen LogP contribution in [0.5, 0.6) is 0 Å². The van der Waals surface area contributed by atoms with Crippen LogP contribution in [0.2, 0.25) is 0 Å². The van der Waals surface area contributed by atoms with Gasteiger partial charge in [-0.1, -0.05) is 121 Å². The van der Waals surface area contributed by atoms with Gasteiger partial charge in [-0.2, -0.15) is 0 Å². The van der Waals surface area contributed by atoms with Gasteiger partial charge in [0, 0.05) is 106 Å². The number of hydrogen-bond donors (Lipinski definition) is 2. The highest BCUT2D eigenvalue weighted by molar-refractivity contribution is 8.00. The highest BCUT2D eigenvalue weighted by Gasteiger charge is 2.54. The van der Waals surface area contributed by atoms with Crippen molar-refractivity contribution >= 4 is 107 Å². The van der Waals surface area contributed by atoms with E-state index in [9.17, 15) is 57.8 Å². The van der Waals surface area contributed by atoms with Crippen molar-refractivity contribution in [2.75, 3.05) is 77.1 Å². The van der Waals surface area contributed by atoms with Gasteiger partial charge >= 0.3 is 53.7 Å². The Hall–Kier alpha value is -9.96. The van der Waals surface area contributed by atoms with Gasteiger partial charge in [0.15, 0.2) is 36.6 Å². The summed E-state index contributed by atoms with van der Waals surface area (Å²) >= 11 is 1.85. The van der Waals surface area contributed by atoms with Crippen molar-refractivity contribution in [3.05, 3.63) is 144 Å². The highest BCUT2D eigenvalue weighted by Crippen LogP contribution is 2.36. The average molecular weight is 1500 g/mol. The lowest BCUT2D eigenvalue weighted by molar-refractivity contribution is -0.237. The molecule has 2 heterocycles. The van der Waals surface area contributed by atoms with Gasteiger partial charge in [0.25, 0.3) is 0 Å². The van der Waals surface area contributed by atoms with Crippen molar-refractivity contribution in [2.24, 2.45) is 0 Å². The zero-order chi connectivity index (χ0) is 76.7. The number of amides is 5. The van der Waals surface area contributed by atoms with Gasteiger partial charge in [-0.3, -0.25) is 67.1 Å². The van der Waals surface area contributed by atoms with E-state index in [0.29, 0.717) is 16.7 Å². The van der Waals surface area contributed by atoms with E-state index in [-0.39, 0.29) is 57.3 Å². The molecule has 2 fully saturated rings. The molecule has 31 nitrogen and oxygen atoms in total. The molecule has 0 radical (unpaired) electrons. The molecule has 6 rings (SSSR count). The van der Waals surface area contributed by atoms with Crippen LogP contribution in [0.25, 0.3) is 0 Å². The Morgan fingerprint density at radius 1 is 0.362 bits per heavy atom. The molecule has 2 saturated heterocycles. The first kappa shape index (κ1) is 84.0. The van der Waals surface area contributed by atoms with Crippen LogP contribution in [0.4, 0.5) is 0 Å². The second-order valence-electron chi connectivity index (χ2n) is 24.2. The number of benzene rings is 4. The molecule has 4 aromatic rings. The van der Waals surface area contributed by atoms with Crippen LogP contribution in [0.15, 0.2) is 121 Å². The maximum Gasteiger partial charge on any atom is 0.323 e. The van der Waals surface area contributed by atoms with E-state index in [2.05, 4.69) is 5.32 Å². The van der Waals surface area contributed by atoms with Crippen molar-refractivity contribution < 1.29 is 120 Å². The number of carbonyl (C=O) groups is 14. The average Bonchev–Trinajstić information content (AvgIpc) is 0.790. The van der Waals surface area contributed by atoms with Gasteiger partial charge < -0.3 is 82.3 Å². The summed E-state index contributed by atoms with van der Waals surface area (Å²) in [5.41, 5.74) is -0.140. The number of esters is 8. The molecule has 33 heteroatoms. The third-order valence-electron chi connectivity index (χ3n) is 15.7. The Morgan fingerprint density at radius 3 is 0.971 bits per heavy atom. The molecule has 4 aromatic carbocycles. The van der Waals surface area contributed by atoms with Gasteiger partial charge in [0.05, 0.1) is 19.6 Å². The second-order valence-corrected chi connectivity index (χ2v) is 26.6. The number of aliphatic carboxylic acids is 1. The molecule has 2 aliphatic heterocycles. The fourth-order valence-corrected chi connectivity index (χ4v) is 13.5. The van der Waals surface area contributed by atoms with E-state index in [1.165, 1.54) is 9.80 Å². The third kappa shape index (κ3) is 28.9. The summed E-state index contributed by atoms with van der Waals surface area (Å²) in [6, 6.07) is 34.6. The van der Waals surface area contributed by atoms with E-state index < -0.39 is 189 Å².